The Morgan fingerprint density at radius 2 is 0.912 bits per heavy atom. The summed E-state index contributed by atoms with van der Waals surface area (Å²) in [4.78, 5) is 25.4. The van der Waals surface area contributed by atoms with Crippen LogP contribution in [-0.4, -0.2) is 68.5 Å². The number of amides is 1. The molecule has 0 aromatic carbocycles. The van der Waals surface area contributed by atoms with E-state index in [1.54, 1.807) is 6.08 Å². The first-order chi connectivity index (χ1) is 33.0. The molecule has 1 amide bonds. The second-order valence-electron chi connectivity index (χ2n) is 19.2. The molecule has 0 saturated carbocycles. The second kappa shape index (κ2) is 49.2. The first-order valence-corrected chi connectivity index (χ1v) is 28.7. The van der Waals surface area contributed by atoms with Gasteiger partial charge in [-0.1, -0.05) is 220 Å². The Hall–Kier alpha value is -2.84. The van der Waals surface area contributed by atoms with E-state index in [0.717, 1.165) is 83.5 Å². The number of likely N-dealkylation sites (N-methyl/N-ethyl adjacent to an activating group) is 1. The second-order valence-corrected chi connectivity index (χ2v) is 20.6. The molecule has 0 aliphatic carbocycles. The highest BCUT2D eigenvalue weighted by molar-refractivity contribution is 7.45. The third kappa shape index (κ3) is 51.0. The lowest BCUT2D eigenvalue weighted by Crippen LogP contribution is -2.45. The molecule has 0 aliphatic heterocycles. The molecule has 0 fully saturated rings. The van der Waals surface area contributed by atoms with Crippen LogP contribution in [0.2, 0.25) is 0 Å². The summed E-state index contributed by atoms with van der Waals surface area (Å²) in [5, 5.41) is 13.8. The number of phosphoric ester groups is 1. The summed E-state index contributed by atoms with van der Waals surface area (Å²) in [7, 11) is 1.23. The molecule has 390 valence electrons. The molecule has 0 saturated heterocycles. The van der Waals surface area contributed by atoms with Crippen molar-refractivity contribution in [3.8, 4) is 0 Å². The number of aliphatic hydroxyl groups is 1. The Morgan fingerprint density at radius 1 is 0.529 bits per heavy atom. The number of allylic oxidation sites excluding steroid dienone is 17. The van der Waals surface area contributed by atoms with E-state index in [2.05, 4.69) is 116 Å². The molecule has 0 aliphatic rings. The predicted octanol–water partition coefficient (Wildman–Crippen LogP) is 15.8. The Morgan fingerprint density at radius 3 is 1.37 bits per heavy atom. The van der Waals surface area contributed by atoms with E-state index in [4.69, 9.17) is 9.05 Å². The fourth-order valence-electron chi connectivity index (χ4n) is 7.21. The Labute approximate surface area is 419 Å². The van der Waals surface area contributed by atoms with Gasteiger partial charge < -0.3 is 28.8 Å². The van der Waals surface area contributed by atoms with Crippen LogP contribution in [0.1, 0.15) is 206 Å². The molecule has 2 N–H and O–H groups in total. The summed E-state index contributed by atoms with van der Waals surface area (Å²) >= 11 is 0. The highest BCUT2D eigenvalue weighted by Crippen LogP contribution is 2.38. The number of carbonyl (C=O) groups is 1. The molecule has 3 atom stereocenters. The van der Waals surface area contributed by atoms with Gasteiger partial charge in [-0.25, -0.2) is 0 Å². The quantitative estimate of drug-likeness (QED) is 0.0272. The lowest BCUT2D eigenvalue weighted by molar-refractivity contribution is -0.870. The summed E-state index contributed by atoms with van der Waals surface area (Å²) in [6, 6.07) is -0.908. The number of hydrogen-bond acceptors (Lipinski definition) is 6. The highest BCUT2D eigenvalue weighted by Gasteiger charge is 2.23. The average molecular weight is 967 g/mol. The van der Waals surface area contributed by atoms with Gasteiger partial charge in [0, 0.05) is 6.42 Å². The first-order valence-electron chi connectivity index (χ1n) is 27.2. The molecule has 0 rings (SSSR count). The number of rotatable bonds is 48. The molecule has 8 nitrogen and oxygen atoms in total. The molecule has 0 radical (unpaired) electrons. The van der Waals surface area contributed by atoms with Crippen LogP contribution in [0.15, 0.2) is 109 Å². The number of hydrogen-bond donors (Lipinski definition) is 2. The zero-order valence-corrected chi connectivity index (χ0v) is 45.2. The summed E-state index contributed by atoms with van der Waals surface area (Å²) in [5.74, 6) is -0.215. The molecule has 0 bridgehead atoms. The maximum Gasteiger partial charge on any atom is 0.268 e. The van der Waals surface area contributed by atoms with E-state index < -0.39 is 26.6 Å². The van der Waals surface area contributed by atoms with Crippen LogP contribution in [0, 0.1) is 0 Å². The van der Waals surface area contributed by atoms with Gasteiger partial charge in [0.25, 0.3) is 7.82 Å². The van der Waals surface area contributed by atoms with Gasteiger partial charge in [0.1, 0.15) is 13.2 Å². The van der Waals surface area contributed by atoms with Crippen LogP contribution in [0.25, 0.3) is 0 Å². The molecule has 0 heterocycles. The zero-order chi connectivity index (χ0) is 49.9. The van der Waals surface area contributed by atoms with Gasteiger partial charge in [0.15, 0.2) is 0 Å². The maximum atomic E-state index is 12.9. The van der Waals surface area contributed by atoms with Gasteiger partial charge in [0.2, 0.25) is 5.91 Å². The maximum absolute atomic E-state index is 12.9. The van der Waals surface area contributed by atoms with E-state index in [0.29, 0.717) is 17.4 Å². The standard InChI is InChI=1S/C59H103N2O6P/c1-6-8-10-12-14-16-18-19-20-21-22-23-24-25-26-27-28-29-30-31-32-33-34-35-36-37-38-39-40-41-43-45-47-49-51-53-59(63)60-57(56-67-68(64,65)66-55-54-61(3,4)5)58(62)52-50-48-46-44-42-17-15-13-11-9-7-2/h8,10,14,16,19-20,22-23,25-26,28-29,31-32,42,44,50,52,57-58,62H,6-7,9,11-13,15,17-18,21,24,27,30,33-41,43,45-49,51,53-56H2,1-5H3,(H-,60,63,64,65)/b10-8-,16-14-,20-19-,23-22-,26-25-,29-28-,32-31-,44-42+,52-50+. The van der Waals surface area contributed by atoms with Gasteiger partial charge in [-0.05, 0) is 89.9 Å². The van der Waals surface area contributed by atoms with Gasteiger partial charge in [-0.3, -0.25) is 9.36 Å². The van der Waals surface area contributed by atoms with Gasteiger partial charge >= 0.3 is 0 Å². The van der Waals surface area contributed by atoms with Gasteiger partial charge in [0.05, 0.1) is 39.9 Å². The van der Waals surface area contributed by atoms with Crippen LogP contribution in [-0.2, 0) is 18.4 Å². The lowest BCUT2D eigenvalue weighted by Gasteiger charge is -2.29. The van der Waals surface area contributed by atoms with E-state index in [1.807, 2.05) is 27.2 Å². The van der Waals surface area contributed by atoms with Crippen molar-refractivity contribution in [1.82, 2.24) is 5.32 Å². The van der Waals surface area contributed by atoms with Crippen molar-refractivity contribution in [2.45, 2.75) is 219 Å². The molecule has 3 unspecified atom stereocenters. The van der Waals surface area contributed by atoms with Crippen molar-refractivity contribution in [2.75, 3.05) is 40.9 Å². The van der Waals surface area contributed by atoms with Crippen molar-refractivity contribution in [3.05, 3.63) is 109 Å². The van der Waals surface area contributed by atoms with Crippen molar-refractivity contribution in [3.63, 3.8) is 0 Å². The zero-order valence-electron chi connectivity index (χ0n) is 44.3. The predicted molar refractivity (Wildman–Crippen MR) is 292 cm³/mol. The van der Waals surface area contributed by atoms with Crippen LogP contribution >= 0.6 is 7.82 Å². The number of aliphatic hydroxyl groups excluding tert-OH is 1. The summed E-state index contributed by atoms with van der Waals surface area (Å²) in [6.07, 6.45) is 71.7. The topological polar surface area (TPSA) is 108 Å². The first kappa shape index (κ1) is 65.2. The molecule has 68 heavy (non-hydrogen) atoms. The Balaban J connectivity index is 4.08. The van der Waals surface area contributed by atoms with Crippen LogP contribution in [0.5, 0.6) is 0 Å². The van der Waals surface area contributed by atoms with Crippen molar-refractivity contribution < 1.29 is 32.9 Å². The van der Waals surface area contributed by atoms with Crippen molar-refractivity contribution >= 4 is 13.7 Å². The van der Waals surface area contributed by atoms with Crippen molar-refractivity contribution in [1.29, 1.82) is 0 Å². The number of unbranched alkanes of at least 4 members (excludes halogenated alkanes) is 19. The Kier molecular flexibility index (Phi) is 47.1. The molecular weight excluding hydrogens is 864 g/mol. The molecule has 0 spiro atoms. The number of carbonyl (C=O) groups excluding carboxylic acids is 1. The van der Waals surface area contributed by atoms with E-state index in [-0.39, 0.29) is 12.5 Å². The highest BCUT2D eigenvalue weighted by atomic mass is 31.2. The molecule has 9 heteroatoms. The molecule has 0 aromatic rings. The summed E-state index contributed by atoms with van der Waals surface area (Å²) < 4.78 is 23.2. The minimum atomic E-state index is -4.60. The average Bonchev–Trinajstić information content (AvgIpc) is 3.30. The number of phosphoric acid groups is 1. The van der Waals surface area contributed by atoms with Crippen LogP contribution < -0.4 is 10.2 Å². The summed E-state index contributed by atoms with van der Waals surface area (Å²) in [5.41, 5.74) is 0. The third-order valence-corrected chi connectivity index (χ3v) is 12.4. The fourth-order valence-corrected chi connectivity index (χ4v) is 7.93. The fraction of sp³-hybridized carbons (Fsp3) is 0.678. The minimum absolute atomic E-state index is 0.0111. The van der Waals surface area contributed by atoms with Gasteiger partial charge in [-0.15, -0.1) is 0 Å². The summed E-state index contributed by atoms with van der Waals surface area (Å²) in [6.45, 7) is 4.47. The third-order valence-electron chi connectivity index (χ3n) is 11.5. The van der Waals surface area contributed by atoms with E-state index in [1.165, 1.54) is 103 Å². The van der Waals surface area contributed by atoms with E-state index >= 15 is 0 Å². The Bertz CT molecular complexity index is 1470. The number of quaternary nitrogens is 1. The number of nitrogens with one attached hydrogen (secondary N) is 1. The van der Waals surface area contributed by atoms with Gasteiger partial charge in [-0.2, -0.15) is 0 Å². The van der Waals surface area contributed by atoms with Crippen LogP contribution in [0.3, 0.4) is 0 Å². The smallest absolute Gasteiger partial charge is 0.268 e. The largest absolute Gasteiger partial charge is 0.756 e. The van der Waals surface area contributed by atoms with E-state index in [9.17, 15) is 19.4 Å². The molecule has 0 aromatic heterocycles. The van der Waals surface area contributed by atoms with Crippen LogP contribution in [0.4, 0.5) is 0 Å². The lowest BCUT2D eigenvalue weighted by atomic mass is 10.0. The normalized spacial score (nSPS) is 14.9. The van der Waals surface area contributed by atoms with Crippen molar-refractivity contribution in [2.24, 2.45) is 0 Å². The number of nitrogens with zero attached hydrogens (tertiary/aromatic N) is 1. The monoisotopic (exact) mass is 967 g/mol. The SMILES string of the molecule is CC/C=C\C/C=C\C/C=C\C/C=C\C/C=C\C/C=C\C/C=C\CCCCCCCCCCCCCCCC(=O)NC(COP(=O)([O-])OCC[N+](C)(C)C)C(O)/C=C/CC/C=C/CCCCCCC. The molecular formula is C59H103N2O6P. The minimum Gasteiger partial charge on any atom is -0.756 e.